The summed E-state index contributed by atoms with van der Waals surface area (Å²) in [5.74, 6) is 1.26. The van der Waals surface area contributed by atoms with Crippen LogP contribution in [-0.2, 0) is 12.7 Å². The molecule has 0 fully saturated rings. The van der Waals surface area contributed by atoms with Crippen molar-refractivity contribution in [2.45, 2.75) is 12.7 Å². The molecule has 2 aromatic carbocycles. The third-order valence-electron chi connectivity index (χ3n) is 4.41. The smallest absolute Gasteiger partial charge is 0.416 e. The molecule has 0 unspecified atom stereocenters. The summed E-state index contributed by atoms with van der Waals surface area (Å²) in [4.78, 5) is 20.8. The van der Waals surface area contributed by atoms with Crippen LogP contribution in [-0.4, -0.2) is 20.6 Å². The minimum absolute atomic E-state index is 0.0427. The summed E-state index contributed by atoms with van der Waals surface area (Å²) < 4.78 is 45.7. The normalized spacial score (nSPS) is 11.5. The Morgan fingerprint density at radius 3 is 2.74 bits per heavy atom. The number of alkyl halides is 3. The van der Waals surface area contributed by atoms with E-state index in [9.17, 15) is 18.0 Å². The molecule has 0 bridgehead atoms. The number of nitrogens with two attached hydrogens (primary N) is 1. The van der Waals surface area contributed by atoms with Gasteiger partial charge in [0.1, 0.15) is 11.6 Å². The van der Waals surface area contributed by atoms with Crippen LogP contribution < -0.4 is 15.8 Å². The number of carbonyl (C=O) groups excluding carboxylic acids is 1. The van der Waals surface area contributed by atoms with E-state index in [1.165, 1.54) is 29.1 Å². The molecule has 3 N–H and O–H groups in total. The maximum absolute atomic E-state index is 12.9. The number of aromatic nitrogens is 3. The number of rotatable bonds is 4. The first-order valence-corrected chi connectivity index (χ1v) is 9.13. The van der Waals surface area contributed by atoms with E-state index in [0.29, 0.717) is 28.4 Å². The van der Waals surface area contributed by atoms with Gasteiger partial charge in [-0.1, -0.05) is 6.07 Å². The number of nitrogens with one attached hydrogen (secondary N) is 1. The molecule has 2 heterocycles. The number of amides is 1. The highest BCUT2D eigenvalue weighted by Gasteiger charge is 2.30. The van der Waals surface area contributed by atoms with Crippen LogP contribution in [0.5, 0.6) is 11.6 Å². The Kier molecular flexibility index (Phi) is 5.30. The van der Waals surface area contributed by atoms with Gasteiger partial charge >= 0.3 is 12.2 Å². The van der Waals surface area contributed by atoms with E-state index in [2.05, 4.69) is 15.3 Å². The van der Waals surface area contributed by atoms with Crippen LogP contribution in [0.3, 0.4) is 0 Å². The van der Waals surface area contributed by atoms with Gasteiger partial charge in [0.05, 0.1) is 17.6 Å². The third kappa shape index (κ3) is 4.48. The second-order valence-electron chi connectivity index (χ2n) is 6.53. The first-order chi connectivity index (χ1) is 14.8. The predicted octanol–water partition coefficient (Wildman–Crippen LogP) is 4.78. The second-order valence-corrected chi connectivity index (χ2v) is 6.53. The standard InChI is InChI=1S/C21H16F3N5O2/c22-21(23,24)14-2-1-3-15(11-14)27-20(30)29-9-7-13-10-16(4-5-17(13)29)31-19-6-8-26-18(12-25)28-19/h1-11H,12,25H2,(H,27,30). The molecule has 0 atom stereocenters. The van der Waals surface area contributed by atoms with E-state index >= 15 is 0 Å². The Balaban J connectivity index is 1.54. The van der Waals surface area contributed by atoms with Crippen LogP contribution in [0.4, 0.5) is 23.7 Å². The van der Waals surface area contributed by atoms with Crippen LogP contribution >= 0.6 is 0 Å². The van der Waals surface area contributed by atoms with E-state index in [1.54, 1.807) is 30.3 Å². The van der Waals surface area contributed by atoms with E-state index in [4.69, 9.17) is 10.5 Å². The number of benzene rings is 2. The lowest BCUT2D eigenvalue weighted by Crippen LogP contribution is -2.18. The Labute approximate surface area is 174 Å². The monoisotopic (exact) mass is 427 g/mol. The summed E-state index contributed by atoms with van der Waals surface area (Å²) in [6.07, 6.45) is -1.43. The third-order valence-corrected chi connectivity index (χ3v) is 4.41. The summed E-state index contributed by atoms with van der Waals surface area (Å²) >= 11 is 0. The van der Waals surface area contributed by atoms with Gasteiger partial charge in [-0.3, -0.25) is 4.57 Å². The highest BCUT2D eigenvalue weighted by molar-refractivity contribution is 5.98. The number of nitrogens with zero attached hydrogens (tertiary/aromatic N) is 3. The predicted molar refractivity (Wildman–Crippen MR) is 108 cm³/mol. The number of fused-ring (bicyclic) bond motifs is 1. The number of halogens is 3. The molecule has 2 aromatic heterocycles. The van der Waals surface area contributed by atoms with E-state index in [1.807, 2.05) is 0 Å². The topological polar surface area (TPSA) is 95.1 Å². The molecular weight excluding hydrogens is 411 g/mol. The van der Waals surface area contributed by atoms with Gasteiger partial charge in [-0.05, 0) is 42.5 Å². The van der Waals surface area contributed by atoms with Gasteiger partial charge in [0.15, 0.2) is 0 Å². The quantitative estimate of drug-likeness (QED) is 0.489. The molecule has 0 saturated carbocycles. The molecule has 10 heteroatoms. The molecule has 4 aromatic rings. The van der Waals surface area contributed by atoms with E-state index < -0.39 is 17.8 Å². The molecule has 1 amide bonds. The van der Waals surface area contributed by atoms with Crippen molar-refractivity contribution in [1.29, 1.82) is 0 Å². The second kappa shape index (κ2) is 8.07. The van der Waals surface area contributed by atoms with Crippen molar-refractivity contribution in [3.8, 4) is 11.6 Å². The van der Waals surface area contributed by atoms with E-state index in [0.717, 1.165) is 12.1 Å². The minimum atomic E-state index is -4.49. The Hall–Kier alpha value is -3.92. The zero-order valence-corrected chi connectivity index (χ0v) is 15.9. The van der Waals surface area contributed by atoms with Gasteiger partial charge in [0.25, 0.3) is 0 Å². The summed E-state index contributed by atoms with van der Waals surface area (Å²) in [5.41, 5.74) is 5.28. The number of hydrogen-bond donors (Lipinski definition) is 2. The molecule has 0 spiro atoms. The van der Waals surface area contributed by atoms with Crippen LogP contribution in [0, 0.1) is 0 Å². The SMILES string of the molecule is NCc1nccc(Oc2ccc3c(ccn3C(=O)Nc3cccc(C(F)(F)F)c3)c2)n1. The molecule has 7 nitrogen and oxygen atoms in total. The Morgan fingerprint density at radius 1 is 1.13 bits per heavy atom. The number of ether oxygens (including phenoxy) is 1. The fraction of sp³-hybridized carbons (Fsp3) is 0.0952. The maximum atomic E-state index is 12.9. The number of anilines is 1. The largest absolute Gasteiger partial charge is 0.439 e. The molecule has 158 valence electrons. The number of carbonyl (C=O) groups is 1. The number of hydrogen-bond acceptors (Lipinski definition) is 5. The fourth-order valence-electron chi connectivity index (χ4n) is 2.97. The van der Waals surface area contributed by atoms with Gasteiger partial charge in [-0.2, -0.15) is 18.2 Å². The molecule has 0 aliphatic carbocycles. The van der Waals surface area contributed by atoms with Crippen molar-refractivity contribution in [1.82, 2.24) is 14.5 Å². The molecule has 0 aliphatic rings. The summed E-state index contributed by atoms with van der Waals surface area (Å²) in [7, 11) is 0. The Morgan fingerprint density at radius 2 is 1.97 bits per heavy atom. The van der Waals surface area contributed by atoms with Crippen molar-refractivity contribution >= 4 is 22.6 Å². The zero-order chi connectivity index (χ0) is 22.0. The lowest BCUT2D eigenvalue weighted by Gasteiger charge is -2.11. The van der Waals surface area contributed by atoms with Crippen molar-refractivity contribution in [3.05, 3.63) is 78.4 Å². The lowest BCUT2D eigenvalue weighted by atomic mass is 10.2. The zero-order valence-electron chi connectivity index (χ0n) is 15.9. The molecule has 0 saturated heterocycles. The van der Waals surface area contributed by atoms with Gasteiger partial charge in [0.2, 0.25) is 5.88 Å². The van der Waals surface area contributed by atoms with Crippen molar-refractivity contribution < 1.29 is 22.7 Å². The highest BCUT2D eigenvalue weighted by atomic mass is 19.4. The van der Waals surface area contributed by atoms with Gasteiger partial charge in [-0.25, -0.2) is 9.78 Å². The Bertz CT molecular complexity index is 1250. The molecule has 4 rings (SSSR count). The maximum Gasteiger partial charge on any atom is 0.416 e. The first kappa shape index (κ1) is 20.4. The van der Waals surface area contributed by atoms with Gasteiger partial charge in [-0.15, -0.1) is 0 Å². The summed E-state index contributed by atoms with van der Waals surface area (Å²) in [6, 6.07) is 12.2. The van der Waals surface area contributed by atoms with Crippen LogP contribution in [0.2, 0.25) is 0 Å². The molecular formula is C21H16F3N5O2. The average Bonchev–Trinajstić information content (AvgIpc) is 3.17. The fourth-order valence-corrected chi connectivity index (χ4v) is 2.97. The van der Waals surface area contributed by atoms with Crippen molar-refractivity contribution in [2.75, 3.05) is 5.32 Å². The first-order valence-electron chi connectivity index (χ1n) is 9.13. The van der Waals surface area contributed by atoms with Gasteiger partial charge < -0.3 is 15.8 Å². The van der Waals surface area contributed by atoms with Crippen LogP contribution in [0.1, 0.15) is 11.4 Å². The summed E-state index contributed by atoms with van der Waals surface area (Å²) in [6.45, 7) is 0.181. The van der Waals surface area contributed by atoms with Crippen molar-refractivity contribution in [2.24, 2.45) is 5.73 Å². The van der Waals surface area contributed by atoms with E-state index in [-0.39, 0.29) is 12.2 Å². The van der Waals surface area contributed by atoms with Crippen LogP contribution in [0.25, 0.3) is 10.9 Å². The molecule has 0 radical (unpaired) electrons. The average molecular weight is 427 g/mol. The van der Waals surface area contributed by atoms with Gasteiger partial charge in [0, 0.05) is 29.5 Å². The van der Waals surface area contributed by atoms with Crippen molar-refractivity contribution in [3.63, 3.8) is 0 Å². The highest BCUT2D eigenvalue weighted by Crippen LogP contribution is 2.31. The summed E-state index contributed by atoms with van der Waals surface area (Å²) in [5, 5.41) is 3.18. The molecule has 0 aliphatic heterocycles. The van der Waals surface area contributed by atoms with Crippen LogP contribution in [0.15, 0.2) is 67.0 Å². The lowest BCUT2D eigenvalue weighted by molar-refractivity contribution is -0.137. The molecule has 31 heavy (non-hydrogen) atoms. The minimum Gasteiger partial charge on any atom is -0.439 e.